The normalized spacial score (nSPS) is 47.0. The van der Waals surface area contributed by atoms with Crippen LogP contribution in [-0.4, -0.2) is 143 Å². The van der Waals surface area contributed by atoms with E-state index in [-0.39, 0.29) is 31.2 Å². The molecule has 16 heteroatoms. The van der Waals surface area contributed by atoms with Gasteiger partial charge in [0.2, 0.25) is 5.91 Å². The molecule has 2 aliphatic carbocycles. The Hall–Kier alpha value is -1.09. The van der Waals surface area contributed by atoms with E-state index in [0.29, 0.717) is 12.5 Å². The molecule has 42 heavy (non-hydrogen) atoms. The van der Waals surface area contributed by atoms with Gasteiger partial charge in [0.25, 0.3) is 0 Å². The van der Waals surface area contributed by atoms with E-state index < -0.39 is 85.6 Å². The Bertz CT molecular complexity index is 872. The molecule has 244 valence electrons. The average Bonchev–Trinajstić information content (AvgIpc) is 2.96. The lowest BCUT2D eigenvalue weighted by Gasteiger charge is -2.51. The highest BCUT2D eigenvalue weighted by atomic mass is 16.7. The molecule has 0 aromatic rings. The van der Waals surface area contributed by atoms with Crippen LogP contribution in [-0.2, 0) is 19.0 Å². The van der Waals surface area contributed by atoms with Crippen LogP contribution < -0.4 is 39.3 Å². The third-order valence-electron chi connectivity index (χ3n) is 9.36. The molecule has 0 bridgehead atoms. The smallest absolute Gasteiger partial charge is 0.250 e. The highest BCUT2D eigenvalue weighted by Gasteiger charge is 2.53. The second-order valence-corrected chi connectivity index (χ2v) is 12.4. The first-order valence-corrected chi connectivity index (χ1v) is 15.0. The Labute approximate surface area is 245 Å². The largest absolute Gasteiger partial charge is 0.394 e. The Balaban J connectivity index is 1.58. The third kappa shape index (κ3) is 7.40. The number of carbonyl (C=O) groups excluding carboxylic acids is 1. The van der Waals surface area contributed by atoms with Crippen LogP contribution in [0.25, 0.3) is 0 Å². The van der Waals surface area contributed by atoms with Gasteiger partial charge in [-0.1, -0.05) is 0 Å². The first-order valence-electron chi connectivity index (χ1n) is 15.0. The average molecular weight is 606 g/mol. The van der Waals surface area contributed by atoms with E-state index in [1.54, 1.807) is 0 Å². The van der Waals surface area contributed by atoms with E-state index in [1.165, 1.54) is 0 Å². The number of hydrogen-bond acceptors (Lipinski definition) is 15. The second-order valence-electron chi connectivity index (χ2n) is 12.4. The van der Waals surface area contributed by atoms with Crippen molar-refractivity contribution < 1.29 is 44.5 Å². The number of aliphatic hydroxyl groups is 5. The number of ether oxygens (including phenoxy) is 3. The molecule has 0 aromatic carbocycles. The molecule has 4 fully saturated rings. The highest BCUT2D eigenvalue weighted by molar-refractivity contribution is 5.81. The molecule has 0 spiro atoms. The summed E-state index contributed by atoms with van der Waals surface area (Å²) in [4.78, 5) is 12.6. The number of nitrogens with two attached hydrogens (primary N) is 5. The maximum atomic E-state index is 12.6. The molecule has 0 aromatic heterocycles. The van der Waals surface area contributed by atoms with E-state index >= 15 is 0 Å². The standard InChI is InChI=1S/C26H51N7O9/c27-6-12-1-2-14(32-8-10-3-11(29)4-10)23(40-12)18-13(30)5-15(33-25(39)16(35)7-28)24(21(18)37)42-26-22(38)19(31)20(36)17(9-34)41-26/h10-24,26,32,34-38H,1-9,27-31H2,(H,33,39)/t10?,11?,12-,13-,14+,15+,16-,17+,18?,19-,20+,21-,22+,23-,24-,26+/m0/s1. The van der Waals surface area contributed by atoms with Gasteiger partial charge in [0.15, 0.2) is 6.29 Å². The minimum Gasteiger partial charge on any atom is -0.394 e. The second kappa shape index (κ2) is 14.8. The first-order chi connectivity index (χ1) is 20.0. The first kappa shape index (κ1) is 33.8. The predicted octanol–water partition coefficient (Wildman–Crippen LogP) is -6.15. The van der Waals surface area contributed by atoms with Crippen LogP contribution >= 0.6 is 0 Å². The zero-order chi connectivity index (χ0) is 30.7. The van der Waals surface area contributed by atoms with Crippen molar-refractivity contribution >= 4 is 5.91 Å². The fourth-order valence-corrected chi connectivity index (χ4v) is 6.76. The molecule has 2 aliphatic heterocycles. The molecule has 2 saturated carbocycles. The van der Waals surface area contributed by atoms with Gasteiger partial charge in [-0.15, -0.1) is 0 Å². The summed E-state index contributed by atoms with van der Waals surface area (Å²) in [5, 5.41) is 58.8. The van der Waals surface area contributed by atoms with Crippen LogP contribution in [0.5, 0.6) is 0 Å². The van der Waals surface area contributed by atoms with Gasteiger partial charge >= 0.3 is 0 Å². The topological polar surface area (TPSA) is 300 Å². The lowest BCUT2D eigenvalue weighted by atomic mass is 9.71. The van der Waals surface area contributed by atoms with Crippen molar-refractivity contribution in [2.75, 3.05) is 26.2 Å². The van der Waals surface area contributed by atoms with Gasteiger partial charge in [0.1, 0.15) is 30.5 Å². The molecule has 2 saturated heterocycles. The summed E-state index contributed by atoms with van der Waals surface area (Å²) in [6.07, 6.45) is -6.90. The molecule has 4 aliphatic rings. The lowest BCUT2D eigenvalue weighted by Crippen LogP contribution is -2.70. The van der Waals surface area contributed by atoms with E-state index in [4.69, 9.17) is 42.9 Å². The van der Waals surface area contributed by atoms with Crippen molar-refractivity contribution in [1.29, 1.82) is 0 Å². The van der Waals surface area contributed by atoms with Crippen LogP contribution in [0.1, 0.15) is 32.1 Å². The summed E-state index contributed by atoms with van der Waals surface area (Å²) >= 11 is 0. The van der Waals surface area contributed by atoms with Crippen LogP contribution in [0.3, 0.4) is 0 Å². The van der Waals surface area contributed by atoms with Gasteiger partial charge < -0.3 is 79.0 Å². The summed E-state index contributed by atoms with van der Waals surface area (Å²) in [5.74, 6) is -1.02. The maximum Gasteiger partial charge on any atom is 0.250 e. The zero-order valence-corrected chi connectivity index (χ0v) is 23.9. The Morgan fingerprint density at radius 1 is 0.976 bits per heavy atom. The predicted molar refractivity (Wildman–Crippen MR) is 149 cm³/mol. The fraction of sp³-hybridized carbons (Fsp3) is 0.962. The minimum absolute atomic E-state index is 0.119. The summed E-state index contributed by atoms with van der Waals surface area (Å²) < 4.78 is 18.1. The zero-order valence-electron chi connectivity index (χ0n) is 23.9. The van der Waals surface area contributed by atoms with Gasteiger partial charge in [-0.05, 0) is 44.6 Å². The van der Waals surface area contributed by atoms with Crippen LogP contribution in [0.2, 0.25) is 0 Å². The summed E-state index contributed by atoms with van der Waals surface area (Å²) in [6.45, 7) is 0.107. The molecular weight excluding hydrogens is 554 g/mol. The molecular formula is C26H51N7O9. The molecule has 0 radical (unpaired) electrons. The van der Waals surface area contributed by atoms with Gasteiger partial charge in [-0.25, -0.2) is 0 Å². The maximum absolute atomic E-state index is 12.6. The quantitative estimate of drug-likeness (QED) is 0.104. The van der Waals surface area contributed by atoms with E-state index in [1.807, 2.05) is 0 Å². The van der Waals surface area contributed by atoms with Crippen molar-refractivity contribution in [1.82, 2.24) is 10.6 Å². The van der Waals surface area contributed by atoms with E-state index in [2.05, 4.69) is 10.6 Å². The Morgan fingerprint density at radius 3 is 2.31 bits per heavy atom. The van der Waals surface area contributed by atoms with Crippen molar-refractivity contribution in [2.24, 2.45) is 40.5 Å². The number of aliphatic hydroxyl groups excluding tert-OH is 5. The number of rotatable bonds is 11. The number of nitrogens with one attached hydrogen (secondary N) is 2. The summed E-state index contributed by atoms with van der Waals surface area (Å²) in [6, 6.07) is -2.75. The lowest BCUT2D eigenvalue weighted by molar-refractivity contribution is -0.306. The van der Waals surface area contributed by atoms with Crippen molar-refractivity contribution in [3.05, 3.63) is 0 Å². The van der Waals surface area contributed by atoms with Crippen molar-refractivity contribution in [2.45, 2.75) is 117 Å². The van der Waals surface area contributed by atoms with Crippen LogP contribution in [0, 0.1) is 11.8 Å². The number of amides is 1. The van der Waals surface area contributed by atoms with Crippen LogP contribution in [0.4, 0.5) is 0 Å². The molecule has 1 amide bonds. The fourth-order valence-electron chi connectivity index (χ4n) is 6.76. The summed E-state index contributed by atoms with van der Waals surface area (Å²) in [7, 11) is 0. The van der Waals surface area contributed by atoms with Gasteiger partial charge in [0, 0.05) is 37.1 Å². The van der Waals surface area contributed by atoms with Gasteiger partial charge in [-0.3, -0.25) is 4.79 Å². The Morgan fingerprint density at radius 2 is 1.69 bits per heavy atom. The number of hydrogen-bond donors (Lipinski definition) is 12. The molecule has 17 N–H and O–H groups in total. The molecule has 14 atom stereocenters. The van der Waals surface area contributed by atoms with Gasteiger partial charge in [0.05, 0.1) is 37.0 Å². The highest BCUT2D eigenvalue weighted by Crippen LogP contribution is 2.37. The molecule has 1 unspecified atom stereocenters. The molecule has 16 nitrogen and oxygen atoms in total. The number of carbonyl (C=O) groups is 1. The SMILES string of the molecule is NC[C@@H]1CC[C@@H](NCC2CC(N)C2)[C@@H](C2[C@@H](N)C[C@@H](NC(=O)[C@@H](O)CN)[C@H](O[C@H]3O[C@H](CO)[C@@H](O)[C@H](N)[C@H]3O)[C@H]2O)O1. The van der Waals surface area contributed by atoms with E-state index in [0.717, 1.165) is 32.2 Å². The van der Waals surface area contributed by atoms with Crippen molar-refractivity contribution in [3.63, 3.8) is 0 Å². The van der Waals surface area contributed by atoms with Crippen molar-refractivity contribution in [3.8, 4) is 0 Å². The molecule has 4 rings (SSSR count). The summed E-state index contributed by atoms with van der Waals surface area (Å²) in [5.41, 5.74) is 30.0. The Kier molecular flexibility index (Phi) is 11.9. The third-order valence-corrected chi connectivity index (χ3v) is 9.36. The van der Waals surface area contributed by atoms with Crippen LogP contribution in [0.15, 0.2) is 0 Å². The van der Waals surface area contributed by atoms with Gasteiger partial charge in [-0.2, -0.15) is 0 Å². The van der Waals surface area contributed by atoms with E-state index in [9.17, 15) is 30.3 Å². The monoisotopic (exact) mass is 605 g/mol. The minimum atomic E-state index is -1.52. The molecule has 2 heterocycles.